The van der Waals surface area contributed by atoms with Gasteiger partial charge in [-0.15, -0.1) is 0 Å². The van der Waals surface area contributed by atoms with Crippen molar-refractivity contribution in [3.05, 3.63) is 65.0 Å². The Balaban J connectivity index is 2.08. The smallest absolute Gasteiger partial charge is 0.339 e. The highest BCUT2D eigenvalue weighted by Crippen LogP contribution is 2.13. The van der Waals surface area contributed by atoms with Gasteiger partial charge in [0.2, 0.25) is 0 Å². The summed E-state index contributed by atoms with van der Waals surface area (Å²) < 4.78 is 5.00. The summed E-state index contributed by atoms with van der Waals surface area (Å²) >= 11 is 0. The zero-order valence-corrected chi connectivity index (χ0v) is 12.6. The third kappa shape index (κ3) is 4.42. The zero-order chi connectivity index (χ0) is 15.1. The highest BCUT2D eigenvalue weighted by molar-refractivity contribution is 5.89. The lowest BCUT2D eigenvalue weighted by Crippen LogP contribution is -2.06. The van der Waals surface area contributed by atoms with Crippen LogP contribution in [-0.4, -0.2) is 17.6 Å². The molecular weight excluding hydrogens is 262 g/mol. The maximum absolute atomic E-state index is 11.7. The Morgan fingerprint density at radius 2 is 1.76 bits per heavy atom. The summed E-state index contributed by atoms with van der Waals surface area (Å²) in [5, 5.41) is 0. The van der Waals surface area contributed by atoms with Crippen molar-refractivity contribution >= 4 is 5.97 Å². The molecule has 2 rings (SSSR count). The number of benzene rings is 1. The maximum Gasteiger partial charge on any atom is 0.339 e. The van der Waals surface area contributed by atoms with E-state index in [1.807, 2.05) is 6.07 Å². The van der Waals surface area contributed by atoms with Gasteiger partial charge in [-0.2, -0.15) is 0 Å². The molecule has 3 heteroatoms. The summed E-state index contributed by atoms with van der Waals surface area (Å²) in [7, 11) is 0. The topological polar surface area (TPSA) is 39.2 Å². The standard InChI is InChI=1S/C18H21NO2/c1-3-5-14-6-8-15(9-7-14)10-16-11-17(13-19-12-16)18(20)21-4-2/h6-9,11-13H,3-5,10H2,1-2H3. The second-order valence-corrected chi connectivity index (χ2v) is 5.05. The number of aryl methyl sites for hydroxylation is 1. The van der Waals surface area contributed by atoms with Gasteiger partial charge in [-0.3, -0.25) is 4.98 Å². The van der Waals surface area contributed by atoms with Crippen LogP contribution in [0.2, 0.25) is 0 Å². The van der Waals surface area contributed by atoms with Crippen LogP contribution in [0.1, 0.15) is 47.3 Å². The summed E-state index contributed by atoms with van der Waals surface area (Å²) in [6.45, 7) is 4.36. The van der Waals surface area contributed by atoms with Crippen molar-refractivity contribution < 1.29 is 9.53 Å². The van der Waals surface area contributed by atoms with E-state index in [0.717, 1.165) is 24.8 Å². The van der Waals surface area contributed by atoms with Crippen molar-refractivity contribution in [2.24, 2.45) is 0 Å². The third-order valence-electron chi connectivity index (χ3n) is 3.28. The Labute approximate surface area is 126 Å². The first-order valence-corrected chi connectivity index (χ1v) is 7.41. The van der Waals surface area contributed by atoms with Gasteiger partial charge in [0.25, 0.3) is 0 Å². The van der Waals surface area contributed by atoms with Crippen LogP contribution in [-0.2, 0) is 17.6 Å². The summed E-state index contributed by atoms with van der Waals surface area (Å²) in [6, 6.07) is 10.5. The molecule has 0 bridgehead atoms. The molecule has 1 aromatic heterocycles. The van der Waals surface area contributed by atoms with Crippen LogP contribution in [0.3, 0.4) is 0 Å². The van der Waals surface area contributed by atoms with Gasteiger partial charge in [0.15, 0.2) is 0 Å². The molecule has 0 aliphatic heterocycles. The van der Waals surface area contributed by atoms with Crippen LogP contribution in [0.25, 0.3) is 0 Å². The number of hydrogen-bond donors (Lipinski definition) is 0. The van der Waals surface area contributed by atoms with Crippen molar-refractivity contribution in [1.82, 2.24) is 4.98 Å². The molecule has 2 aromatic rings. The zero-order valence-electron chi connectivity index (χ0n) is 12.6. The molecular formula is C18H21NO2. The van der Waals surface area contributed by atoms with Gasteiger partial charge < -0.3 is 4.74 Å². The van der Waals surface area contributed by atoms with Gasteiger partial charge in [0, 0.05) is 12.4 Å². The molecule has 0 unspecified atom stereocenters. The normalized spacial score (nSPS) is 10.4. The molecule has 110 valence electrons. The molecule has 0 aliphatic carbocycles. The molecule has 0 saturated heterocycles. The number of carbonyl (C=O) groups excluding carboxylic acids is 1. The van der Waals surface area contributed by atoms with Gasteiger partial charge in [0.1, 0.15) is 0 Å². The van der Waals surface area contributed by atoms with Gasteiger partial charge in [-0.25, -0.2) is 4.79 Å². The highest BCUT2D eigenvalue weighted by atomic mass is 16.5. The summed E-state index contributed by atoms with van der Waals surface area (Å²) in [5.41, 5.74) is 4.11. The van der Waals surface area contributed by atoms with E-state index in [1.165, 1.54) is 11.1 Å². The van der Waals surface area contributed by atoms with E-state index in [1.54, 1.807) is 19.3 Å². The maximum atomic E-state index is 11.7. The fourth-order valence-electron chi connectivity index (χ4n) is 2.26. The molecule has 1 aromatic carbocycles. The first kappa shape index (κ1) is 15.2. The Kier molecular flexibility index (Phi) is 5.50. The molecule has 0 N–H and O–H groups in total. The van der Waals surface area contributed by atoms with Crippen molar-refractivity contribution in [2.45, 2.75) is 33.1 Å². The number of pyridine rings is 1. The highest BCUT2D eigenvalue weighted by Gasteiger charge is 2.08. The fraction of sp³-hybridized carbons (Fsp3) is 0.333. The van der Waals surface area contributed by atoms with E-state index in [9.17, 15) is 4.79 Å². The molecule has 0 saturated carbocycles. The average Bonchev–Trinajstić information content (AvgIpc) is 2.50. The minimum atomic E-state index is -0.315. The van der Waals surface area contributed by atoms with Crippen LogP contribution in [0.4, 0.5) is 0 Å². The molecule has 0 fully saturated rings. The SMILES string of the molecule is CCCc1ccc(Cc2cncc(C(=O)OCC)c2)cc1. The predicted octanol–water partition coefficient (Wildman–Crippen LogP) is 3.80. The Morgan fingerprint density at radius 1 is 1.05 bits per heavy atom. The first-order chi connectivity index (χ1) is 10.2. The lowest BCUT2D eigenvalue weighted by Gasteiger charge is -2.06. The first-order valence-electron chi connectivity index (χ1n) is 7.41. The van der Waals surface area contributed by atoms with Crippen molar-refractivity contribution in [3.8, 4) is 0 Å². The lowest BCUT2D eigenvalue weighted by atomic mass is 10.0. The lowest BCUT2D eigenvalue weighted by molar-refractivity contribution is 0.0525. The molecule has 0 amide bonds. The largest absolute Gasteiger partial charge is 0.462 e. The van der Waals surface area contributed by atoms with E-state index in [4.69, 9.17) is 4.74 Å². The molecule has 3 nitrogen and oxygen atoms in total. The number of ether oxygens (including phenoxy) is 1. The van der Waals surface area contributed by atoms with Crippen molar-refractivity contribution in [1.29, 1.82) is 0 Å². The number of aromatic nitrogens is 1. The molecule has 0 aliphatic rings. The fourth-order valence-corrected chi connectivity index (χ4v) is 2.26. The third-order valence-corrected chi connectivity index (χ3v) is 3.28. The van der Waals surface area contributed by atoms with E-state index >= 15 is 0 Å². The van der Waals surface area contributed by atoms with Crippen molar-refractivity contribution in [2.75, 3.05) is 6.61 Å². The van der Waals surface area contributed by atoms with E-state index in [2.05, 4.69) is 36.2 Å². The molecule has 0 radical (unpaired) electrons. The van der Waals surface area contributed by atoms with Crippen LogP contribution >= 0.6 is 0 Å². The minimum absolute atomic E-state index is 0.315. The number of esters is 1. The second-order valence-electron chi connectivity index (χ2n) is 5.05. The molecule has 0 spiro atoms. The second kappa shape index (κ2) is 7.58. The molecule has 0 atom stereocenters. The van der Waals surface area contributed by atoms with Gasteiger partial charge in [-0.05, 0) is 42.5 Å². The summed E-state index contributed by atoms with van der Waals surface area (Å²) in [4.78, 5) is 15.8. The summed E-state index contributed by atoms with van der Waals surface area (Å²) in [5.74, 6) is -0.315. The summed E-state index contributed by atoms with van der Waals surface area (Å²) in [6.07, 6.45) is 6.38. The van der Waals surface area contributed by atoms with Crippen LogP contribution < -0.4 is 0 Å². The quantitative estimate of drug-likeness (QED) is 0.757. The van der Waals surface area contributed by atoms with Gasteiger partial charge in [-0.1, -0.05) is 37.6 Å². The van der Waals surface area contributed by atoms with Crippen molar-refractivity contribution in [3.63, 3.8) is 0 Å². The van der Waals surface area contributed by atoms with Crippen LogP contribution in [0.5, 0.6) is 0 Å². The predicted molar refractivity (Wildman–Crippen MR) is 83.4 cm³/mol. The Bertz CT molecular complexity index is 590. The number of nitrogens with zero attached hydrogens (tertiary/aromatic N) is 1. The molecule has 21 heavy (non-hydrogen) atoms. The van der Waals surface area contributed by atoms with Crippen LogP contribution in [0.15, 0.2) is 42.7 Å². The van der Waals surface area contributed by atoms with Crippen LogP contribution in [0, 0.1) is 0 Å². The Hall–Kier alpha value is -2.16. The average molecular weight is 283 g/mol. The number of hydrogen-bond acceptors (Lipinski definition) is 3. The van der Waals surface area contributed by atoms with Gasteiger partial charge >= 0.3 is 5.97 Å². The van der Waals surface area contributed by atoms with E-state index < -0.39 is 0 Å². The number of carbonyl (C=O) groups is 1. The van der Waals surface area contributed by atoms with E-state index in [-0.39, 0.29) is 5.97 Å². The van der Waals surface area contributed by atoms with Gasteiger partial charge in [0.05, 0.1) is 12.2 Å². The van der Waals surface area contributed by atoms with E-state index in [0.29, 0.717) is 12.2 Å². The monoisotopic (exact) mass is 283 g/mol. The minimum Gasteiger partial charge on any atom is -0.462 e. The Morgan fingerprint density at radius 3 is 2.43 bits per heavy atom. The molecule has 1 heterocycles. The number of rotatable bonds is 6.